The van der Waals surface area contributed by atoms with E-state index in [0.717, 1.165) is 0 Å². The maximum absolute atomic E-state index is 8.00. The fourth-order valence-electron chi connectivity index (χ4n) is 0. The van der Waals surface area contributed by atoms with Gasteiger partial charge in [-0.3, -0.25) is 10.5 Å². The summed E-state index contributed by atoms with van der Waals surface area (Å²) >= 11 is 0. The van der Waals surface area contributed by atoms with Crippen LogP contribution in [0.1, 0.15) is 0 Å². The van der Waals surface area contributed by atoms with Gasteiger partial charge in [-0.1, -0.05) is 0 Å². The van der Waals surface area contributed by atoms with E-state index in [1.54, 1.807) is 0 Å². The van der Waals surface area contributed by atoms with Gasteiger partial charge in [0.1, 0.15) is 0 Å². The Morgan fingerprint density at radius 1 is 0.833 bits per heavy atom. The van der Waals surface area contributed by atoms with Crippen LogP contribution in [0.5, 0.6) is 0 Å². The van der Waals surface area contributed by atoms with E-state index < -0.39 is 0 Å². The Hall–Kier alpha value is -0.350. The minimum absolute atomic E-state index is 2.00. The second kappa shape index (κ2) is 505. The van der Waals surface area contributed by atoms with Crippen molar-refractivity contribution in [1.82, 2.24) is 0 Å². The number of hydrogen-bond donors (Lipinski definition) is 2. The molecule has 0 saturated carbocycles. The van der Waals surface area contributed by atoms with Crippen molar-refractivity contribution in [2.45, 2.75) is 0 Å². The van der Waals surface area contributed by atoms with E-state index >= 15 is 0 Å². The van der Waals surface area contributed by atoms with Crippen molar-refractivity contribution in [2.24, 2.45) is 0 Å². The standard InChI is InChI=1S/2BHO.H2O2/c3*1-2/h2*1H;1-2H. The first kappa shape index (κ1) is 17.4. The molecule has 0 amide bonds. The van der Waals surface area contributed by atoms with Crippen molar-refractivity contribution in [1.29, 1.82) is 0 Å². The predicted molar refractivity (Wildman–Crippen MR) is 20.9 cm³/mol. The molecular weight excluding hydrogens is 85.6 g/mol. The summed E-state index contributed by atoms with van der Waals surface area (Å²) in [6.07, 6.45) is 0. The zero-order valence-electron chi connectivity index (χ0n) is 3.13. The van der Waals surface area contributed by atoms with Crippen LogP contribution in [0, 0.1) is 0 Å². The van der Waals surface area contributed by atoms with Crippen molar-refractivity contribution >= 4 is 15.4 Å². The van der Waals surface area contributed by atoms with E-state index in [1.807, 2.05) is 15.4 Å². The van der Waals surface area contributed by atoms with Gasteiger partial charge in [-0.2, -0.15) is 0 Å². The van der Waals surface area contributed by atoms with Crippen molar-refractivity contribution in [3.05, 3.63) is 0 Å². The van der Waals surface area contributed by atoms with Crippen molar-refractivity contribution in [3.63, 3.8) is 0 Å². The summed E-state index contributed by atoms with van der Waals surface area (Å²) in [6, 6.07) is 0. The zero-order valence-corrected chi connectivity index (χ0v) is 3.13. The zero-order chi connectivity index (χ0) is 6.00. The molecule has 0 aliphatic heterocycles. The smallest absolute Gasteiger partial charge is 0.255 e. The van der Waals surface area contributed by atoms with Gasteiger partial charge in [-0.15, -0.1) is 0 Å². The van der Waals surface area contributed by atoms with E-state index in [-0.39, 0.29) is 0 Å². The first-order valence-electron chi connectivity index (χ1n) is 0.777. The molecule has 2 N–H and O–H groups in total. The molecule has 6 heavy (non-hydrogen) atoms. The summed E-state index contributed by atoms with van der Waals surface area (Å²) < 4.78 is 16.0. The topological polar surface area (TPSA) is 74.6 Å². The minimum atomic E-state index is 2.00. The molecular formula is H4B2O4. The van der Waals surface area contributed by atoms with Crippen LogP contribution >= 0.6 is 0 Å². The second-order valence-electron chi connectivity index (χ2n) is 0. The molecule has 0 rings (SSSR count). The van der Waals surface area contributed by atoms with Crippen molar-refractivity contribution < 1.29 is 19.9 Å². The Morgan fingerprint density at radius 3 is 0.833 bits per heavy atom. The SMILES string of the molecule is B=O.B=O.OO. The summed E-state index contributed by atoms with van der Waals surface area (Å²) in [5, 5.41) is 12.0. The number of rotatable bonds is 0. The van der Waals surface area contributed by atoms with Gasteiger partial charge in [0, 0.05) is 0 Å². The Morgan fingerprint density at radius 2 is 0.833 bits per heavy atom. The van der Waals surface area contributed by atoms with Crippen LogP contribution in [0.4, 0.5) is 0 Å². The Labute approximate surface area is 36.6 Å². The first-order valence-corrected chi connectivity index (χ1v) is 0.777. The quantitative estimate of drug-likeness (QED) is 0.215. The van der Waals surface area contributed by atoms with E-state index in [2.05, 4.69) is 0 Å². The van der Waals surface area contributed by atoms with Crippen LogP contribution in [0.2, 0.25) is 0 Å². The third-order valence-corrected chi connectivity index (χ3v) is 0. The summed E-state index contributed by atoms with van der Waals surface area (Å²) in [5.41, 5.74) is 0. The van der Waals surface area contributed by atoms with Crippen LogP contribution < -0.4 is 0 Å². The predicted octanol–water partition coefficient (Wildman–Crippen LogP) is -1.52. The van der Waals surface area contributed by atoms with Crippen LogP contribution in [0.3, 0.4) is 0 Å². The summed E-state index contributed by atoms with van der Waals surface area (Å²) in [7, 11) is 4.00. The molecule has 0 saturated heterocycles. The van der Waals surface area contributed by atoms with Gasteiger partial charge < -0.3 is 0 Å². The second-order valence-corrected chi connectivity index (χ2v) is 0. The maximum Gasteiger partial charge on any atom is -0.255 e. The van der Waals surface area contributed by atoms with E-state index in [1.165, 1.54) is 0 Å². The molecule has 0 aromatic heterocycles. The molecule has 0 bridgehead atoms. The van der Waals surface area contributed by atoms with Gasteiger partial charge in [0.25, 0.3) is 0 Å². The molecule has 0 spiro atoms. The van der Waals surface area contributed by atoms with Gasteiger partial charge in [-0.05, 0) is 0 Å². The van der Waals surface area contributed by atoms with Gasteiger partial charge >= 0.3 is 24.8 Å². The van der Waals surface area contributed by atoms with Crippen LogP contribution in [-0.2, 0) is 9.41 Å². The monoisotopic (exact) mass is 90.0 g/mol. The molecule has 0 atom stereocenters. The Bertz CT molecular complexity index is 7.51. The van der Waals surface area contributed by atoms with Crippen molar-refractivity contribution in [3.8, 4) is 0 Å². The van der Waals surface area contributed by atoms with Gasteiger partial charge in [0.05, 0.1) is 0 Å². The molecule has 0 unspecified atom stereocenters. The normalized spacial score (nSPS) is 2.00. The largest absolute Gasteiger partial charge is 0.255 e. The fourth-order valence-corrected chi connectivity index (χ4v) is 0. The van der Waals surface area contributed by atoms with Gasteiger partial charge in [-0.25, -0.2) is 0 Å². The molecule has 0 radical (unpaired) electrons. The van der Waals surface area contributed by atoms with Crippen LogP contribution in [-0.4, -0.2) is 25.9 Å². The summed E-state index contributed by atoms with van der Waals surface area (Å²) in [6.45, 7) is 0. The summed E-state index contributed by atoms with van der Waals surface area (Å²) in [5.74, 6) is 0. The van der Waals surface area contributed by atoms with Crippen molar-refractivity contribution in [2.75, 3.05) is 0 Å². The van der Waals surface area contributed by atoms with Gasteiger partial charge in [0.15, 0.2) is 0 Å². The molecule has 0 fully saturated rings. The Kier molecular flexibility index (Phi) is 1470. The average molecular weight is 89.7 g/mol. The molecule has 0 aliphatic rings. The van der Waals surface area contributed by atoms with E-state index in [9.17, 15) is 0 Å². The van der Waals surface area contributed by atoms with Crippen LogP contribution in [0.15, 0.2) is 0 Å². The van der Waals surface area contributed by atoms with Gasteiger partial charge in [0.2, 0.25) is 0 Å². The molecule has 0 heterocycles. The average Bonchev–Trinajstić information content (AvgIpc) is 1.81. The van der Waals surface area contributed by atoms with E-state index in [0.29, 0.717) is 0 Å². The molecule has 0 aliphatic carbocycles. The number of hydrogen-bond acceptors (Lipinski definition) is 4. The maximum atomic E-state index is 8.00. The molecule has 0 aromatic carbocycles. The minimum Gasteiger partial charge on any atom is -0.255 e. The van der Waals surface area contributed by atoms with Crippen LogP contribution in [0.25, 0.3) is 0 Å². The van der Waals surface area contributed by atoms with E-state index in [4.69, 9.17) is 19.9 Å². The summed E-state index contributed by atoms with van der Waals surface area (Å²) in [4.78, 5) is 0. The molecule has 34 valence electrons. The fraction of sp³-hybridized carbons (Fsp3) is 0. The molecule has 6 heteroatoms. The molecule has 4 nitrogen and oxygen atoms in total. The third kappa shape index (κ3) is 209. The molecule has 0 aromatic rings. The first-order chi connectivity index (χ1) is 3.00. The third-order valence-electron chi connectivity index (χ3n) is 0. The Balaban J connectivity index is -0.0000000225.